The first-order valence-corrected chi connectivity index (χ1v) is 7.45. The van der Waals surface area contributed by atoms with Crippen LogP contribution in [0.25, 0.3) is 0 Å². The number of carbonyl (C=O) groups excluding carboxylic acids is 1. The molecule has 0 saturated carbocycles. The number of hydrogen-bond donors (Lipinski definition) is 1. The van der Waals surface area contributed by atoms with Crippen LogP contribution in [0.2, 0.25) is 0 Å². The average Bonchev–Trinajstić information content (AvgIpc) is 2.68. The van der Waals surface area contributed by atoms with Crippen molar-refractivity contribution in [2.45, 2.75) is 24.5 Å². The molecule has 1 heterocycles. The van der Waals surface area contributed by atoms with E-state index in [9.17, 15) is 13.6 Å². The third-order valence-electron chi connectivity index (χ3n) is 2.59. The Kier molecular flexibility index (Phi) is 4.72. The number of anilines is 1. The topological polar surface area (TPSA) is 42.0 Å². The average molecular weight is 314 g/mol. The first kappa shape index (κ1) is 14.9. The highest BCUT2D eigenvalue weighted by atomic mass is 32.2. The summed E-state index contributed by atoms with van der Waals surface area (Å²) in [6, 6.07) is 6.05. The largest absolute Gasteiger partial charge is 0.298 e. The zero-order valence-electron chi connectivity index (χ0n) is 10.8. The van der Waals surface area contributed by atoms with Crippen LogP contribution in [0.3, 0.4) is 0 Å². The molecule has 0 saturated heterocycles. The van der Waals surface area contributed by atoms with Gasteiger partial charge in [-0.25, -0.2) is 4.98 Å². The number of aromatic nitrogens is 1. The molecule has 0 unspecified atom stereocenters. The predicted molar refractivity (Wildman–Crippen MR) is 77.8 cm³/mol. The van der Waals surface area contributed by atoms with Gasteiger partial charge in [-0.1, -0.05) is 11.8 Å². The fraction of sp³-hybridized carbons (Fsp3) is 0.231. The summed E-state index contributed by atoms with van der Waals surface area (Å²) in [7, 11) is 0. The molecule has 0 atom stereocenters. The highest BCUT2D eigenvalue weighted by molar-refractivity contribution is 7.99. The number of nitrogens with zero attached hydrogens (tertiary/aromatic N) is 1. The van der Waals surface area contributed by atoms with Gasteiger partial charge in [-0.15, -0.1) is 11.3 Å². The molecule has 1 N–H and O–H groups in total. The maximum absolute atomic E-state index is 12.2. The Hall–Kier alpha value is -1.47. The number of rotatable bonds is 4. The molecule has 7 heteroatoms. The molecule has 0 aliphatic heterocycles. The minimum atomic E-state index is -2.46. The van der Waals surface area contributed by atoms with E-state index in [0.29, 0.717) is 27.4 Å². The predicted octanol–water partition coefficient (Wildman–Crippen LogP) is 4.33. The summed E-state index contributed by atoms with van der Waals surface area (Å²) in [5.41, 5.74) is 1.29. The van der Waals surface area contributed by atoms with Crippen LogP contribution in [0.4, 0.5) is 13.9 Å². The molecule has 2 rings (SSSR count). The number of aryl methyl sites for hydroxylation is 2. The second kappa shape index (κ2) is 6.32. The molecule has 0 aliphatic rings. The molecule has 106 valence electrons. The summed E-state index contributed by atoms with van der Waals surface area (Å²) in [6.45, 7) is 3.80. The normalized spacial score (nSPS) is 10.8. The number of hydrogen-bond acceptors (Lipinski definition) is 4. The highest BCUT2D eigenvalue weighted by Crippen LogP contribution is 2.26. The molecule has 1 aromatic heterocycles. The van der Waals surface area contributed by atoms with Crippen molar-refractivity contribution in [3.05, 3.63) is 40.4 Å². The van der Waals surface area contributed by atoms with Gasteiger partial charge in [0, 0.05) is 15.3 Å². The molecule has 20 heavy (non-hydrogen) atoms. The van der Waals surface area contributed by atoms with Gasteiger partial charge in [-0.2, -0.15) is 8.78 Å². The second-order valence-electron chi connectivity index (χ2n) is 4.02. The summed E-state index contributed by atoms with van der Waals surface area (Å²) in [5.74, 6) is -2.76. The molecule has 3 nitrogen and oxygen atoms in total. The number of alkyl halides is 2. The third-order valence-corrected chi connectivity index (χ3v) is 4.30. The van der Waals surface area contributed by atoms with E-state index in [1.807, 2.05) is 13.8 Å². The molecule has 2 aromatic rings. The molecule has 0 radical (unpaired) electrons. The lowest BCUT2D eigenvalue weighted by Gasteiger charge is -2.03. The summed E-state index contributed by atoms with van der Waals surface area (Å²) in [6.07, 6.45) is 0. The number of thioether (sulfide) groups is 1. The zero-order chi connectivity index (χ0) is 14.7. The van der Waals surface area contributed by atoms with Crippen molar-refractivity contribution in [1.82, 2.24) is 4.98 Å². The summed E-state index contributed by atoms with van der Waals surface area (Å²) in [5, 5.41) is 3.23. The quantitative estimate of drug-likeness (QED) is 0.854. The van der Waals surface area contributed by atoms with Gasteiger partial charge in [0.25, 0.3) is 11.7 Å². The minimum Gasteiger partial charge on any atom is -0.298 e. The fourth-order valence-electron chi connectivity index (χ4n) is 1.48. The van der Waals surface area contributed by atoms with E-state index < -0.39 is 5.76 Å². The van der Waals surface area contributed by atoms with Crippen molar-refractivity contribution in [3.63, 3.8) is 0 Å². The van der Waals surface area contributed by atoms with Crippen LogP contribution in [0.1, 0.15) is 20.9 Å². The van der Waals surface area contributed by atoms with Crippen LogP contribution in [0.5, 0.6) is 0 Å². The lowest BCUT2D eigenvalue weighted by atomic mass is 10.2. The molecule has 1 aromatic carbocycles. The van der Waals surface area contributed by atoms with Gasteiger partial charge in [0.15, 0.2) is 5.13 Å². The second-order valence-corrected chi connectivity index (χ2v) is 6.28. The number of benzene rings is 1. The highest BCUT2D eigenvalue weighted by Gasteiger charge is 2.11. The van der Waals surface area contributed by atoms with Crippen LogP contribution in [0, 0.1) is 13.8 Å². The van der Waals surface area contributed by atoms with E-state index in [-0.39, 0.29) is 5.91 Å². The smallest absolute Gasteiger partial charge is 0.288 e. The SMILES string of the molecule is Cc1nc(NC(=O)c2ccc(SC(F)F)cc2)sc1C. The van der Waals surface area contributed by atoms with Crippen molar-refractivity contribution in [2.24, 2.45) is 0 Å². The maximum Gasteiger partial charge on any atom is 0.288 e. The zero-order valence-corrected chi connectivity index (χ0v) is 12.4. The molecular formula is C13H12F2N2OS2. The number of halogens is 2. The van der Waals surface area contributed by atoms with Crippen LogP contribution < -0.4 is 5.32 Å². The fourth-order valence-corrected chi connectivity index (χ4v) is 2.79. The first-order valence-electron chi connectivity index (χ1n) is 5.76. The molecular weight excluding hydrogens is 302 g/mol. The van der Waals surface area contributed by atoms with Gasteiger partial charge in [-0.3, -0.25) is 10.1 Å². The first-order chi connectivity index (χ1) is 9.45. The van der Waals surface area contributed by atoms with Crippen molar-refractivity contribution >= 4 is 34.1 Å². The molecule has 0 aliphatic carbocycles. The number of thiazole rings is 1. The van der Waals surface area contributed by atoms with E-state index in [0.717, 1.165) is 10.6 Å². The Morgan fingerprint density at radius 3 is 2.45 bits per heavy atom. The Morgan fingerprint density at radius 1 is 1.30 bits per heavy atom. The van der Waals surface area contributed by atoms with E-state index in [1.54, 1.807) is 0 Å². The van der Waals surface area contributed by atoms with Crippen molar-refractivity contribution in [2.75, 3.05) is 5.32 Å². The molecule has 0 bridgehead atoms. The Labute approximate surface area is 123 Å². The Balaban J connectivity index is 2.05. The van der Waals surface area contributed by atoms with Gasteiger partial charge in [0.2, 0.25) is 0 Å². The summed E-state index contributed by atoms with van der Waals surface area (Å²) in [4.78, 5) is 17.7. The van der Waals surface area contributed by atoms with Crippen molar-refractivity contribution in [3.8, 4) is 0 Å². The lowest BCUT2D eigenvalue weighted by molar-refractivity contribution is 0.102. The van der Waals surface area contributed by atoms with Gasteiger partial charge < -0.3 is 0 Å². The monoisotopic (exact) mass is 314 g/mol. The standard InChI is InChI=1S/C13H12F2N2OS2/c1-7-8(2)19-13(16-7)17-11(18)9-3-5-10(6-4-9)20-12(14)15/h3-6,12H,1-2H3,(H,16,17,18). The summed E-state index contributed by atoms with van der Waals surface area (Å²) < 4.78 is 24.4. The van der Waals surface area contributed by atoms with Gasteiger partial charge in [0.1, 0.15) is 0 Å². The van der Waals surface area contributed by atoms with Gasteiger partial charge >= 0.3 is 0 Å². The number of nitrogens with one attached hydrogen (secondary N) is 1. The van der Waals surface area contributed by atoms with Crippen LogP contribution in [0.15, 0.2) is 29.2 Å². The Morgan fingerprint density at radius 2 is 1.95 bits per heavy atom. The lowest BCUT2D eigenvalue weighted by Crippen LogP contribution is -2.11. The van der Waals surface area contributed by atoms with Crippen molar-refractivity contribution in [1.29, 1.82) is 0 Å². The molecule has 0 spiro atoms. The number of amides is 1. The maximum atomic E-state index is 12.2. The Bertz CT molecular complexity index is 592. The van der Waals surface area contributed by atoms with Gasteiger partial charge in [-0.05, 0) is 38.1 Å². The minimum absolute atomic E-state index is 0.299. The number of carbonyl (C=O) groups is 1. The summed E-state index contributed by atoms with van der Waals surface area (Å²) >= 11 is 1.86. The molecule has 0 fully saturated rings. The van der Waals surface area contributed by atoms with Crippen LogP contribution in [-0.4, -0.2) is 16.6 Å². The van der Waals surface area contributed by atoms with E-state index in [4.69, 9.17) is 0 Å². The van der Waals surface area contributed by atoms with E-state index in [1.165, 1.54) is 35.6 Å². The van der Waals surface area contributed by atoms with Crippen LogP contribution in [-0.2, 0) is 0 Å². The van der Waals surface area contributed by atoms with Crippen LogP contribution >= 0.6 is 23.1 Å². The van der Waals surface area contributed by atoms with Gasteiger partial charge in [0.05, 0.1) is 5.69 Å². The molecule has 1 amide bonds. The van der Waals surface area contributed by atoms with E-state index in [2.05, 4.69) is 10.3 Å². The third kappa shape index (κ3) is 3.77. The van der Waals surface area contributed by atoms with E-state index >= 15 is 0 Å². The van der Waals surface area contributed by atoms with Crippen molar-refractivity contribution < 1.29 is 13.6 Å².